The molecule has 2 aliphatic heterocycles. The minimum Gasteiger partial charge on any atom is -0.378 e. The standard InChI is InChI=1S/C13H18N4O4S/c1-8-14-11(21-16-8)6-22-7-12(18)17-2-9-4-20-5-10(3-17)15-13(9)19/h9-10H,2-7H2,1H3,(H,15,19)/t9-,10+/m1/s1. The molecule has 2 saturated heterocycles. The summed E-state index contributed by atoms with van der Waals surface area (Å²) in [6.07, 6.45) is 0. The molecule has 9 heteroatoms. The SMILES string of the molecule is Cc1noc(CSCC(=O)N2C[C@H]3COC[C@@H](C2)C(=O)N3)n1. The van der Waals surface area contributed by atoms with Gasteiger partial charge in [-0.2, -0.15) is 4.98 Å². The summed E-state index contributed by atoms with van der Waals surface area (Å²) in [6, 6.07) is -0.118. The van der Waals surface area contributed by atoms with Crippen LogP contribution in [0, 0.1) is 12.8 Å². The van der Waals surface area contributed by atoms with Gasteiger partial charge in [0.25, 0.3) is 0 Å². The molecule has 120 valence electrons. The molecule has 2 aliphatic rings. The Hall–Kier alpha value is -1.61. The van der Waals surface area contributed by atoms with Crippen LogP contribution in [0.15, 0.2) is 4.52 Å². The number of amides is 2. The van der Waals surface area contributed by atoms with Gasteiger partial charge in [0.15, 0.2) is 5.82 Å². The number of carbonyl (C=O) groups is 2. The molecule has 2 bridgehead atoms. The van der Waals surface area contributed by atoms with Gasteiger partial charge in [-0.15, -0.1) is 11.8 Å². The number of nitrogens with one attached hydrogen (secondary N) is 1. The number of aryl methyl sites for hydroxylation is 1. The highest BCUT2D eigenvalue weighted by molar-refractivity contribution is 7.99. The third kappa shape index (κ3) is 3.58. The average Bonchev–Trinajstić information content (AvgIpc) is 2.70. The summed E-state index contributed by atoms with van der Waals surface area (Å²) in [4.78, 5) is 30.1. The summed E-state index contributed by atoms with van der Waals surface area (Å²) in [5.74, 6) is 1.67. The molecule has 1 aromatic heterocycles. The monoisotopic (exact) mass is 326 g/mol. The van der Waals surface area contributed by atoms with Crippen molar-refractivity contribution in [3.8, 4) is 0 Å². The van der Waals surface area contributed by atoms with E-state index < -0.39 is 0 Å². The molecule has 1 aromatic rings. The lowest BCUT2D eigenvalue weighted by Crippen LogP contribution is -2.45. The van der Waals surface area contributed by atoms with Crippen LogP contribution < -0.4 is 5.32 Å². The average molecular weight is 326 g/mol. The number of aromatic nitrogens is 2. The van der Waals surface area contributed by atoms with E-state index in [0.717, 1.165) is 0 Å². The maximum absolute atomic E-state index is 12.3. The van der Waals surface area contributed by atoms with Gasteiger partial charge >= 0.3 is 0 Å². The predicted molar refractivity (Wildman–Crippen MR) is 78.0 cm³/mol. The smallest absolute Gasteiger partial charge is 0.236 e. The van der Waals surface area contributed by atoms with Crippen molar-refractivity contribution < 1.29 is 18.8 Å². The maximum atomic E-state index is 12.3. The van der Waals surface area contributed by atoms with Gasteiger partial charge in [0.2, 0.25) is 17.7 Å². The fraction of sp³-hybridized carbons (Fsp3) is 0.692. The lowest BCUT2D eigenvalue weighted by molar-refractivity contribution is -0.131. The quantitative estimate of drug-likeness (QED) is 0.803. The molecule has 2 amide bonds. The summed E-state index contributed by atoms with van der Waals surface area (Å²) in [5, 5.41) is 6.62. The van der Waals surface area contributed by atoms with E-state index in [1.54, 1.807) is 11.8 Å². The van der Waals surface area contributed by atoms with Crippen molar-refractivity contribution in [1.82, 2.24) is 20.4 Å². The molecule has 0 aliphatic carbocycles. The summed E-state index contributed by atoms with van der Waals surface area (Å²) < 4.78 is 10.5. The van der Waals surface area contributed by atoms with Crippen molar-refractivity contribution in [2.45, 2.75) is 18.7 Å². The highest BCUT2D eigenvalue weighted by Gasteiger charge is 2.34. The van der Waals surface area contributed by atoms with Gasteiger partial charge in [0.05, 0.1) is 36.7 Å². The fourth-order valence-corrected chi connectivity index (χ4v) is 3.30. The van der Waals surface area contributed by atoms with Gasteiger partial charge in [-0.1, -0.05) is 5.16 Å². The van der Waals surface area contributed by atoms with E-state index in [2.05, 4.69) is 15.5 Å². The lowest BCUT2D eigenvalue weighted by atomic mass is 10.1. The van der Waals surface area contributed by atoms with Gasteiger partial charge in [-0.3, -0.25) is 9.59 Å². The highest BCUT2D eigenvalue weighted by Crippen LogP contribution is 2.16. The topological polar surface area (TPSA) is 97.6 Å². The lowest BCUT2D eigenvalue weighted by Gasteiger charge is -2.27. The summed E-state index contributed by atoms with van der Waals surface area (Å²) in [7, 11) is 0. The van der Waals surface area contributed by atoms with Crippen LogP contribution >= 0.6 is 11.8 Å². The Morgan fingerprint density at radius 1 is 1.45 bits per heavy atom. The zero-order valence-corrected chi connectivity index (χ0v) is 13.1. The molecular formula is C13H18N4O4S. The van der Waals surface area contributed by atoms with Crippen LogP contribution in [0.1, 0.15) is 11.7 Å². The van der Waals surface area contributed by atoms with Crippen LogP contribution in [0.4, 0.5) is 0 Å². The number of ether oxygens (including phenoxy) is 1. The Morgan fingerprint density at radius 3 is 3.09 bits per heavy atom. The molecular weight excluding hydrogens is 308 g/mol. The molecule has 8 nitrogen and oxygen atoms in total. The maximum Gasteiger partial charge on any atom is 0.236 e. The predicted octanol–water partition coefficient (Wildman–Crippen LogP) is -0.415. The van der Waals surface area contributed by atoms with E-state index in [1.165, 1.54) is 11.8 Å². The van der Waals surface area contributed by atoms with Crippen molar-refractivity contribution >= 4 is 23.6 Å². The number of thioether (sulfide) groups is 1. The second-order valence-electron chi connectivity index (χ2n) is 5.47. The van der Waals surface area contributed by atoms with E-state index in [1.807, 2.05) is 0 Å². The molecule has 0 radical (unpaired) electrons. The van der Waals surface area contributed by atoms with Gasteiger partial charge in [-0.25, -0.2) is 0 Å². The van der Waals surface area contributed by atoms with E-state index in [-0.39, 0.29) is 23.8 Å². The van der Waals surface area contributed by atoms with Crippen LogP contribution in [-0.4, -0.2) is 65.0 Å². The first kappa shape index (κ1) is 15.3. The fourth-order valence-electron chi connectivity index (χ4n) is 2.55. The minimum absolute atomic E-state index is 0.0215. The number of rotatable bonds is 4. The molecule has 0 unspecified atom stereocenters. The molecule has 2 atom stereocenters. The number of carbonyl (C=O) groups excluding carboxylic acids is 2. The molecule has 0 spiro atoms. The Balaban J connectivity index is 1.52. The van der Waals surface area contributed by atoms with Gasteiger partial charge < -0.3 is 19.5 Å². The third-order valence-corrected chi connectivity index (χ3v) is 4.51. The van der Waals surface area contributed by atoms with Crippen molar-refractivity contribution in [2.75, 3.05) is 32.1 Å². The summed E-state index contributed by atoms with van der Waals surface area (Å²) >= 11 is 1.43. The van der Waals surface area contributed by atoms with Gasteiger partial charge in [0, 0.05) is 13.1 Å². The van der Waals surface area contributed by atoms with E-state index in [4.69, 9.17) is 9.26 Å². The zero-order valence-electron chi connectivity index (χ0n) is 12.3. The summed E-state index contributed by atoms with van der Waals surface area (Å²) in [6.45, 7) is 3.51. The third-order valence-electron chi connectivity index (χ3n) is 3.61. The second-order valence-corrected chi connectivity index (χ2v) is 6.45. The van der Waals surface area contributed by atoms with Crippen molar-refractivity contribution in [2.24, 2.45) is 5.92 Å². The summed E-state index contributed by atoms with van der Waals surface area (Å²) in [5.41, 5.74) is 0. The molecule has 0 saturated carbocycles. The van der Waals surface area contributed by atoms with Gasteiger partial charge in [0.1, 0.15) is 0 Å². The first-order valence-electron chi connectivity index (χ1n) is 7.14. The highest BCUT2D eigenvalue weighted by atomic mass is 32.2. The number of nitrogens with zero attached hydrogens (tertiary/aromatic N) is 3. The largest absolute Gasteiger partial charge is 0.378 e. The van der Waals surface area contributed by atoms with Crippen LogP contribution in [0.5, 0.6) is 0 Å². The van der Waals surface area contributed by atoms with Crippen molar-refractivity contribution in [1.29, 1.82) is 0 Å². The van der Waals surface area contributed by atoms with E-state index in [0.29, 0.717) is 49.5 Å². The normalized spacial score (nSPS) is 24.8. The van der Waals surface area contributed by atoms with Gasteiger partial charge in [-0.05, 0) is 6.92 Å². The van der Waals surface area contributed by atoms with E-state index >= 15 is 0 Å². The Morgan fingerprint density at radius 2 is 2.32 bits per heavy atom. The van der Waals surface area contributed by atoms with Crippen molar-refractivity contribution in [3.05, 3.63) is 11.7 Å². The molecule has 0 aromatic carbocycles. The first-order chi connectivity index (χ1) is 10.6. The molecule has 1 N–H and O–H groups in total. The Kier molecular flexibility index (Phi) is 4.63. The van der Waals surface area contributed by atoms with Crippen LogP contribution in [0.3, 0.4) is 0 Å². The van der Waals surface area contributed by atoms with Crippen LogP contribution in [0.25, 0.3) is 0 Å². The van der Waals surface area contributed by atoms with Crippen LogP contribution in [0.2, 0.25) is 0 Å². The van der Waals surface area contributed by atoms with E-state index in [9.17, 15) is 9.59 Å². The molecule has 2 fully saturated rings. The Labute approximate surface area is 131 Å². The molecule has 3 heterocycles. The Bertz CT molecular complexity index is 564. The number of hydrogen-bond donors (Lipinski definition) is 1. The van der Waals surface area contributed by atoms with Crippen molar-refractivity contribution in [3.63, 3.8) is 0 Å². The first-order valence-corrected chi connectivity index (χ1v) is 8.30. The zero-order chi connectivity index (χ0) is 15.5. The van der Waals surface area contributed by atoms with Crippen LogP contribution in [-0.2, 0) is 20.1 Å². The number of hydrogen-bond acceptors (Lipinski definition) is 7. The molecule has 22 heavy (non-hydrogen) atoms. The number of fused-ring (bicyclic) bond motifs is 3. The minimum atomic E-state index is -0.278. The second kappa shape index (κ2) is 6.66. The molecule has 3 rings (SSSR count).